The summed E-state index contributed by atoms with van der Waals surface area (Å²) >= 11 is 0. The molecule has 3 N–H and O–H groups in total. The number of aliphatic hydroxyl groups is 2. The first-order valence-corrected chi connectivity index (χ1v) is 3.90. The summed E-state index contributed by atoms with van der Waals surface area (Å²) in [5, 5.41) is 26.4. The summed E-state index contributed by atoms with van der Waals surface area (Å²) < 4.78 is 12.7. The number of phenols is 1. The van der Waals surface area contributed by atoms with Gasteiger partial charge in [0, 0.05) is 6.42 Å². The number of aromatic hydroxyl groups is 1. The van der Waals surface area contributed by atoms with Crippen LogP contribution in [0, 0.1) is 5.82 Å². The monoisotopic (exact) mass is 186 g/mol. The second-order valence-corrected chi connectivity index (χ2v) is 2.83. The molecule has 1 rings (SSSR count). The van der Waals surface area contributed by atoms with Crippen molar-refractivity contribution in [2.24, 2.45) is 0 Å². The molecule has 4 heteroatoms. The Morgan fingerprint density at radius 3 is 2.62 bits per heavy atom. The summed E-state index contributed by atoms with van der Waals surface area (Å²) in [6.07, 6.45) is -0.711. The maximum Gasteiger partial charge on any atom is 0.165 e. The van der Waals surface area contributed by atoms with Crippen molar-refractivity contribution >= 4 is 0 Å². The molecule has 0 aliphatic heterocycles. The van der Waals surface area contributed by atoms with Crippen molar-refractivity contribution in [1.29, 1.82) is 0 Å². The van der Waals surface area contributed by atoms with Crippen LogP contribution in [0.25, 0.3) is 0 Å². The molecule has 3 nitrogen and oxygen atoms in total. The highest BCUT2D eigenvalue weighted by Gasteiger charge is 2.06. The number of phenolic OH excluding ortho intramolecular Hbond substituents is 1. The second kappa shape index (κ2) is 4.20. The van der Waals surface area contributed by atoms with E-state index in [0.717, 1.165) is 6.07 Å². The molecule has 0 saturated carbocycles. The third-order valence-corrected chi connectivity index (χ3v) is 1.69. The summed E-state index contributed by atoms with van der Waals surface area (Å²) in [4.78, 5) is 0. The van der Waals surface area contributed by atoms with E-state index in [1.807, 2.05) is 0 Å². The maximum absolute atomic E-state index is 12.7. The largest absolute Gasteiger partial charge is 0.505 e. The molecule has 0 fully saturated rings. The van der Waals surface area contributed by atoms with Crippen LogP contribution in [0.3, 0.4) is 0 Å². The lowest BCUT2D eigenvalue weighted by Crippen LogP contribution is -2.15. The topological polar surface area (TPSA) is 60.7 Å². The van der Waals surface area contributed by atoms with Crippen LogP contribution >= 0.6 is 0 Å². The van der Waals surface area contributed by atoms with Gasteiger partial charge in [0.25, 0.3) is 0 Å². The molecule has 72 valence electrons. The third kappa shape index (κ3) is 2.68. The molecule has 0 radical (unpaired) electrons. The minimum absolute atomic E-state index is 0.174. The van der Waals surface area contributed by atoms with Crippen molar-refractivity contribution in [3.05, 3.63) is 29.6 Å². The predicted molar refractivity (Wildman–Crippen MR) is 44.9 cm³/mol. The molecule has 1 atom stereocenters. The molecule has 0 saturated heterocycles. The highest BCUT2D eigenvalue weighted by molar-refractivity contribution is 5.28. The van der Waals surface area contributed by atoms with E-state index in [2.05, 4.69) is 0 Å². The number of benzene rings is 1. The van der Waals surface area contributed by atoms with Crippen LogP contribution in [0.2, 0.25) is 0 Å². The summed E-state index contributed by atoms with van der Waals surface area (Å²) in [5.74, 6) is -1.13. The van der Waals surface area contributed by atoms with Crippen molar-refractivity contribution in [3.63, 3.8) is 0 Å². The first kappa shape index (κ1) is 9.95. The molecule has 0 aromatic heterocycles. The fraction of sp³-hybridized carbons (Fsp3) is 0.333. The Morgan fingerprint density at radius 1 is 1.38 bits per heavy atom. The number of rotatable bonds is 3. The van der Waals surface area contributed by atoms with Crippen LogP contribution in [-0.4, -0.2) is 28.0 Å². The SMILES string of the molecule is OCC(O)Cc1ccc(O)c(F)c1. The quantitative estimate of drug-likeness (QED) is 0.641. The van der Waals surface area contributed by atoms with Crippen LogP contribution < -0.4 is 0 Å². The molecule has 0 bridgehead atoms. The Bertz CT molecular complexity index is 288. The van der Waals surface area contributed by atoms with Crippen LogP contribution in [0.15, 0.2) is 18.2 Å². The van der Waals surface area contributed by atoms with E-state index in [1.54, 1.807) is 0 Å². The average molecular weight is 186 g/mol. The van der Waals surface area contributed by atoms with Crippen LogP contribution in [0.5, 0.6) is 5.75 Å². The van der Waals surface area contributed by atoms with Gasteiger partial charge in [0.15, 0.2) is 11.6 Å². The van der Waals surface area contributed by atoms with Gasteiger partial charge < -0.3 is 15.3 Å². The Morgan fingerprint density at radius 2 is 2.08 bits per heavy atom. The zero-order valence-corrected chi connectivity index (χ0v) is 6.94. The fourth-order valence-electron chi connectivity index (χ4n) is 1.01. The van der Waals surface area contributed by atoms with Crippen molar-refractivity contribution in [2.45, 2.75) is 12.5 Å². The maximum atomic E-state index is 12.7. The van der Waals surface area contributed by atoms with Crippen molar-refractivity contribution in [2.75, 3.05) is 6.61 Å². The molecule has 0 aliphatic carbocycles. The minimum atomic E-state index is -0.885. The highest BCUT2D eigenvalue weighted by atomic mass is 19.1. The molecule has 0 amide bonds. The molecular weight excluding hydrogens is 175 g/mol. The highest BCUT2D eigenvalue weighted by Crippen LogP contribution is 2.16. The van der Waals surface area contributed by atoms with E-state index in [1.165, 1.54) is 12.1 Å². The predicted octanol–water partition coefficient (Wildman–Crippen LogP) is 0.427. The summed E-state index contributed by atoms with van der Waals surface area (Å²) in [5.41, 5.74) is 0.539. The van der Waals surface area contributed by atoms with Crippen LogP contribution in [-0.2, 0) is 6.42 Å². The molecule has 1 aromatic carbocycles. The lowest BCUT2D eigenvalue weighted by atomic mass is 10.1. The van der Waals surface area contributed by atoms with E-state index < -0.39 is 17.7 Å². The number of halogens is 1. The molecule has 1 aromatic rings. The first-order chi connectivity index (χ1) is 6.13. The van der Waals surface area contributed by atoms with E-state index in [-0.39, 0.29) is 13.0 Å². The average Bonchev–Trinajstić information content (AvgIpc) is 2.11. The van der Waals surface area contributed by atoms with E-state index in [9.17, 15) is 4.39 Å². The van der Waals surface area contributed by atoms with Gasteiger partial charge >= 0.3 is 0 Å². The van der Waals surface area contributed by atoms with Gasteiger partial charge in [-0.1, -0.05) is 6.07 Å². The summed E-state index contributed by atoms with van der Waals surface area (Å²) in [7, 11) is 0. The minimum Gasteiger partial charge on any atom is -0.505 e. The number of hydrogen-bond acceptors (Lipinski definition) is 3. The van der Waals surface area contributed by atoms with Crippen LogP contribution in [0.4, 0.5) is 4.39 Å². The third-order valence-electron chi connectivity index (χ3n) is 1.69. The molecule has 1 unspecified atom stereocenters. The lowest BCUT2D eigenvalue weighted by molar-refractivity contribution is 0.0954. The van der Waals surface area contributed by atoms with Gasteiger partial charge in [0.1, 0.15) is 0 Å². The molecule has 13 heavy (non-hydrogen) atoms. The van der Waals surface area contributed by atoms with E-state index >= 15 is 0 Å². The van der Waals surface area contributed by atoms with Crippen LogP contribution in [0.1, 0.15) is 5.56 Å². The first-order valence-electron chi connectivity index (χ1n) is 3.90. The summed E-state index contributed by atoms with van der Waals surface area (Å²) in [6.45, 7) is -0.359. The van der Waals surface area contributed by atoms with Gasteiger partial charge in [-0.05, 0) is 17.7 Å². The van der Waals surface area contributed by atoms with Crippen molar-refractivity contribution < 1.29 is 19.7 Å². The van der Waals surface area contributed by atoms with E-state index in [0.29, 0.717) is 5.56 Å². The summed E-state index contributed by atoms with van der Waals surface area (Å²) in [6, 6.07) is 3.85. The van der Waals surface area contributed by atoms with Gasteiger partial charge in [-0.3, -0.25) is 0 Å². The fourth-order valence-corrected chi connectivity index (χ4v) is 1.01. The van der Waals surface area contributed by atoms with Gasteiger partial charge in [0.05, 0.1) is 12.7 Å². The Labute approximate surface area is 75.1 Å². The van der Waals surface area contributed by atoms with Gasteiger partial charge in [-0.2, -0.15) is 0 Å². The zero-order valence-electron chi connectivity index (χ0n) is 6.94. The van der Waals surface area contributed by atoms with Crippen molar-refractivity contribution in [3.8, 4) is 5.75 Å². The Hall–Kier alpha value is -1.13. The van der Waals surface area contributed by atoms with Crippen molar-refractivity contribution in [1.82, 2.24) is 0 Å². The molecule has 0 heterocycles. The smallest absolute Gasteiger partial charge is 0.165 e. The lowest BCUT2D eigenvalue weighted by Gasteiger charge is -2.06. The number of aliphatic hydroxyl groups excluding tert-OH is 2. The Kier molecular flexibility index (Phi) is 3.22. The normalized spacial score (nSPS) is 12.8. The second-order valence-electron chi connectivity index (χ2n) is 2.83. The van der Waals surface area contributed by atoms with Gasteiger partial charge in [0.2, 0.25) is 0 Å². The standard InChI is InChI=1S/C9H11FO3/c10-8-4-6(1-2-9(8)13)3-7(12)5-11/h1-2,4,7,11-13H,3,5H2. The number of hydrogen-bond donors (Lipinski definition) is 3. The molecule has 0 aliphatic rings. The zero-order chi connectivity index (χ0) is 9.84. The molecule has 0 spiro atoms. The molecular formula is C9H11FO3. The van der Waals surface area contributed by atoms with Gasteiger partial charge in [-0.25, -0.2) is 4.39 Å². The van der Waals surface area contributed by atoms with E-state index in [4.69, 9.17) is 15.3 Å². The van der Waals surface area contributed by atoms with Gasteiger partial charge in [-0.15, -0.1) is 0 Å². The Balaban J connectivity index is 2.73.